The summed E-state index contributed by atoms with van der Waals surface area (Å²) in [6, 6.07) is 6.12. The van der Waals surface area contributed by atoms with Crippen molar-refractivity contribution in [1.82, 2.24) is 4.98 Å². The van der Waals surface area contributed by atoms with E-state index in [1.807, 2.05) is 0 Å². The van der Waals surface area contributed by atoms with Crippen molar-refractivity contribution in [1.29, 1.82) is 0 Å². The topological polar surface area (TPSA) is 84.3 Å². The Balaban J connectivity index is 2.43. The molecule has 0 saturated carbocycles. The maximum absolute atomic E-state index is 13.3. The van der Waals surface area contributed by atoms with Crippen molar-refractivity contribution in [2.24, 2.45) is 0 Å². The molecule has 21 heavy (non-hydrogen) atoms. The summed E-state index contributed by atoms with van der Waals surface area (Å²) in [4.78, 5) is 14.6. The van der Waals surface area contributed by atoms with Gasteiger partial charge in [0.2, 0.25) is 0 Å². The van der Waals surface area contributed by atoms with Gasteiger partial charge in [-0.05, 0) is 36.8 Å². The third-order valence-electron chi connectivity index (χ3n) is 2.97. The third-order valence-corrected chi connectivity index (χ3v) is 4.60. The minimum absolute atomic E-state index is 0.244. The lowest BCUT2D eigenvalue weighted by molar-refractivity contribution is 0.0691. The lowest BCUT2D eigenvalue weighted by atomic mass is 10.2. The van der Waals surface area contributed by atoms with E-state index in [0.717, 1.165) is 18.2 Å². The SMILES string of the molecule is Cc1cccnc1CS(=O)(=O)c1ccc(F)c(C(=O)O)c1. The highest BCUT2D eigenvalue weighted by molar-refractivity contribution is 7.90. The van der Waals surface area contributed by atoms with E-state index >= 15 is 0 Å². The summed E-state index contributed by atoms with van der Waals surface area (Å²) in [5.41, 5.74) is 0.411. The van der Waals surface area contributed by atoms with Crippen LogP contribution in [0.4, 0.5) is 4.39 Å². The molecule has 0 spiro atoms. The number of aromatic nitrogens is 1. The summed E-state index contributed by atoms with van der Waals surface area (Å²) >= 11 is 0. The highest BCUT2D eigenvalue weighted by Gasteiger charge is 2.21. The number of rotatable bonds is 4. The molecule has 0 bridgehead atoms. The van der Waals surface area contributed by atoms with Gasteiger partial charge in [-0.1, -0.05) is 6.07 Å². The normalized spacial score (nSPS) is 11.3. The number of benzene rings is 1. The maximum Gasteiger partial charge on any atom is 0.338 e. The molecule has 0 fully saturated rings. The molecule has 1 aromatic carbocycles. The van der Waals surface area contributed by atoms with Crippen LogP contribution >= 0.6 is 0 Å². The van der Waals surface area contributed by atoms with Crippen LogP contribution in [-0.2, 0) is 15.6 Å². The second kappa shape index (κ2) is 5.61. The van der Waals surface area contributed by atoms with Gasteiger partial charge in [0.25, 0.3) is 0 Å². The highest BCUT2D eigenvalue weighted by Crippen LogP contribution is 2.20. The van der Waals surface area contributed by atoms with Gasteiger partial charge in [-0.15, -0.1) is 0 Å². The predicted octanol–water partition coefficient (Wildman–Crippen LogP) is 2.20. The average Bonchev–Trinajstić information content (AvgIpc) is 2.41. The number of carboxylic acids is 1. The van der Waals surface area contributed by atoms with Crippen molar-refractivity contribution in [3.63, 3.8) is 0 Å². The Kier molecular flexibility index (Phi) is 4.04. The minimum Gasteiger partial charge on any atom is -0.478 e. The van der Waals surface area contributed by atoms with Gasteiger partial charge in [-0.3, -0.25) is 4.98 Å². The molecule has 2 rings (SSSR count). The van der Waals surface area contributed by atoms with Crippen molar-refractivity contribution in [2.45, 2.75) is 17.6 Å². The standard InChI is InChI=1S/C14H12FNO4S/c1-9-3-2-6-16-13(9)8-21(19,20)10-4-5-12(15)11(7-10)14(17)18/h2-7H,8H2,1H3,(H,17,18). The summed E-state index contributed by atoms with van der Waals surface area (Å²) in [7, 11) is -3.80. The van der Waals surface area contributed by atoms with Crippen LogP contribution in [0.2, 0.25) is 0 Å². The first kappa shape index (κ1) is 15.1. The number of aryl methyl sites for hydroxylation is 1. The van der Waals surface area contributed by atoms with Gasteiger partial charge in [0.1, 0.15) is 5.82 Å². The first-order valence-electron chi connectivity index (χ1n) is 5.97. The van der Waals surface area contributed by atoms with Crippen LogP contribution in [0.15, 0.2) is 41.4 Å². The zero-order valence-corrected chi connectivity index (χ0v) is 11.9. The maximum atomic E-state index is 13.3. The van der Waals surface area contributed by atoms with Crippen molar-refractivity contribution < 1.29 is 22.7 Å². The average molecular weight is 309 g/mol. The smallest absolute Gasteiger partial charge is 0.338 e. The largest absolute Gasteiger partial charge is 0.478 e. The molecule has 0 saturated heterocycles. The molecule has 1 aromatic heterocycles. The Morgan fingerprint density at radius 2 is 2.05 bits per heavy atom. The zero-order chi connectivity index (χ0) is 15.6. The zero-order valence-electron chi connectivity index (χ0n) is 11.1. The van der Waals surface area contributed by atoms with Gasteiger partial charge in [0, 0.05) is 6.20 Å². The molecule has 1 N–H and O–H groups in total. The molecule has 0 aliphatic heterocycles. The number of hydrogen-bond acceptors (Lipinski definition) is 4. The van der Waals surface area contributed by atoms with Crippen LogP contribution < -0.4 is 0 Å². The number of carboxylic acid groups (broad SMARTS) is 1. The van der Waals surface area contributed by atoms with Gasteiger partial charge < -0.3 is 5.11 Å². The molecular weight excluding hydrogens is 297 g/mol. The molecule has 0 radical (unpaired) electrons. The Labute approximate surface area is 121 Å². The molecule has 5 nitrogen and oxygen atoms in total. The van der Waals surface area contributed by atoms with Crippen molar-refractivity contribution in [2.75, 3.05) is 0 Å². The first-order chi connectivity index (χ1) is 9.81. The summed E-state index contributed by atoms with van der Waals surface area (Å²) in [5.74, 6) is -2.86. The summed E-state index contributed by atoms with van der Waals surface area (Å²) in [6.45, 7) is 1.73. The number of aromatic carboxylic acids is 1. The number of hydrogen-bond donors (Lipinski definition) is 1. The van der Waals surface area contributed by atoms with E-state index < -0.39 is 27.2 Å². The summed E-state index contributed by atoms with van der Waals surface area (Å²) < 4.78 is 37.9. The Bertz CT molecular complexity index is 802. The number of carbonyl (C=O) groups is 1. The van der Waals surface area contributed by atoms with E-state index in [0.29, 0.717) is 11.3 Å². The second-order valence-electron chi connectivity index (χ2n) is 4.47. The van der Waals surface area contributed by atoms with E-state index in [9.17, 15) is 17.6 Å². The number of sulfone groups is 1. The second-order valence-corrected chi connectivity index (χ2v) is 6.46. The first-order valence-corrected chi connectivity index (χ1v) is 7.62. The molecule has 0 amide bonds. The van der Waals surface area contributed by atoms with Crippen LogP contribution in [-0.4, -0.2) is 24.5 Å². The Morgan fingerprint density at radius 3 is 2.67 bits per heavy atom. The summed E-state index contributed by atoms with van der Waals surface area (Å²) in [5, 5.41) is 8.84. The van der Waals surface area contributed by atoms with E-state index in [2.05, 4.69) is 4.98 Å². The van der Waals surface area contributed by atoms with Crippen LogP contribution in [0.5, 0.6) is 0 Å². The fraction of sp³-hybridized carbons (Fsp3) is 0.143. The van der Waals surface area contributed by atoms with Gasteiger partial charge in [-0.25, -0.2) is 17.6 Å². The molecule has 0 atom stereocenters. The number of nitrogens with zero attached hydrogens (tertiary/aromatic N) is 1. The Hall–Kier alpha value is -2.28. The van der Waals surface area contributed by atoms with Gasteiger partial charge in [-0.2, -0.15) is 0 Å². The van der Waals surface area contributed by atoms with Crippen LogP contribution in [0.3, 0.4) is 0 Å². The fourth-order valence-corrected chi connectivity index (χ4v) is 3.20. The van der Waals surface area contributed by atoms with Gasteiger partial charge in [0.05, 0.1) is 21.9 Å². The molecule has 2 aromatic rings. The molecule has 0 aliphatic rings. The van der Waals surface area contributed by atoms with Crippen LogP contribution in [0, 0.1) is 12.7 Å². The minimum atomic E-state index is -3.80. The van der Waals surface area contributed by atoms with E-state index in [1.54, 1.807) is 19.1 Å². The van der Waals surface area contributed by atoms with Gasteiger partial charge in [0.15, 0.2) is 9.84 Å². The third kappa shape index (κ3) is 3.25. The molecule has 7 heteroatoms. The van der Waals surface area contributed by atoms with Crippen molar-refractivity contribution in [3.05, 3.63) is 59.2 Å². The van der Waals surface area contributed by atoms with E-state index in [-0.39, 0.29) is 10.6 Å². The van der Waals surface area contributed by atoms with E-state index in [1.165, 1.54) is 6.20 Å². The molecule has 1 heterocycles. The van der Waals surface area contributed by atoms with Crippen molar-refractivity contribution >= 4 is 15.8 Å². The lowest BCUT2D eigenvalue weighted by Crippen LogP contribution is -2.10. The summed E-state index contributed by atoms with van der Waals surface area (Å²) in [6.07, 6.45) is 1.48. The number of pyridine rings is 1. The van der Waals surface area contributed by atoms with Crippen molar-refractivity contribution in [3.8, 4) is 0 Å². The number of halogens is 1. The molecular formula is C14H12FNO4S. The predicted molar refractivity (Wildman–Crippen MR) is 73.2 cm³/mol. The van der Waals surface area contributed by atoms with Crippen LogP contribution in [0.25, 0.3) is 0 Å². The highest BCUT2D eigenvalue weighted by atomic mass is 32.2. The van der Waals surface area contributed by atoms with Gasteiger partial charge >= 0.3 is 5.97 Å². The monoisotopic (exact) mass is 309 g/mol. The Morgan fingerprint density at radius 1 is 1.33 bits per heavy atom. The fourth-order valence-electron chi connectivity index (χ4n) is 1.79. The molecule has 110 valence electrons. The quantitative estimate of drug-likeness (QED) is 0.875. The lowest BCUT2D eigenvalue weighted by Gasteiger charge is -2.07. The molecule has 0 aliphatic carbocycles. The van der Waals surface area contributed by atoms with E-state index in [4.69, 9.17) is 5.11 Å². The van der Waals surface area contributed by atoms with Crippen LogP contribution in [0.1, 0.15) is 21.6 Å². The molecule has 0 unspecified atom stereocenters.